The van der Waals surface area contributed by atoms with E-state index in [4.69, 9.17) is 9.47 Å². The molecule has 0 saturated carbocycles. The van der Waals surface area contributed by atoms with E-state index in [0.717, 1.165) is 31.4 Å². The van der Waals surface area contributed by atoms with Crippen molar-refractivity contribution in [3.8, 4) is 0 Å². The molecule has 1 aromatic carbocycles. The van der Waals surface area contributed by atoms with Crippen molar-refractivity contribution in [2.75, 3.05) is 13.2 Å². The predicted molar refractivity (Wildman–Crippen MR) is 64.9 cm³/mol. The van der Waals surface area contributed by atoms with Gasteiger partial charge < -0.3 is 9.47 Å². The first-order valence-corrected chi connectivity index (χ1v) is 6.18. The highest BCUT2D eigenvalue weighted by atomic mass is 16.7. The zero-order valence-corrected chi connectivity index (χ0v) is 9.93. The maximum absolute atomic E-state index is 11.8. The minimum atomic E-state index is -0.104. The lowest BCUT2D eigenvalue weighted by Gasteiger charge is -2.22. The van der Waals surface area contributed by atoms with Crippen LogP contribution in [0.3, 0.4) is 0 Å². The molecule has 0 spiro atoms. The first-order chi connectivity index (χ1) is 8.36. The number of carbonyl (C=O) groups is 1. The molecule has 1 aliphatic heterocycles. The molecule has 1 aliphatic rings. The fraction of sp³-hybridized carbons (Fsp3) is 0.500. The molecule has 3 nitrogen and oxygen atoms in total. The van der Waals surface area contributed by atoms with E-state index in [0.29, 0.717) is 13.0 Å². The lowest BCUT2D eigenvalue weighted by molar-refractivity contribution is -0.161. The van der Waals surface area contributed by atoms with E-state index >= 15 is 0 Å². The molecule has 0 radical (unpaired) electrons. The van der Waals surface area contributed by atoms with Crippen molar-refractivity contribution in [2.24, 2.45) is 0 Å². The van der Waals surface area contributed by atoms with Gasteiger partial charge in [0.25, 0.3) is 0 Å². The summed E-state index contributed by atoms with van der Waals surface area (Å²) >= 11 is 0. The Hall–Kier alpha value is -1.19. The molecule has 0 aromatic heterocycles. The van der Waals surface area contributed by atoms with E-state index in [-0.39, 0.29) is 12.1 Å². The highest BCUT2D eigenvalue weighted by molar-refractivity contribution is 5.96. The first kappa shape index (κ1) is 12.3. The van der Waals surface area contributed by atoms with Gasteiger partial charge in [-0.2, -0.15) is 0 Å². The molecular formula is C14H18O3. The van der Waals surface area contributed by atoms with Crippen LogP contribution in [0.5, 0.6) is 0 Å². The smallest absolute Gasteiger partial charge is 0.165 e. The summed E-state index contributed by atoms with van der Waals surface area (Å²) in [5.41, 5.74) is 0.751. The Balaban J connectivity index is 1.69. The Bertz CT molecular complexity index is 342. The molecule has 2 rings (SSSR count). The number of ketones is 1. The molecule has 1 atom stereocenters. The maximum atomic E-state index is 11.8. The van der Waals surface area contributed by atoms with Crippen LogP contribution in [0.15, 0.2) is 30.3 Å². The van der Waals surface area contributed by atoms with E-state index < -0.39 is 0 Å². The number of carbonyl (C=O) groups excluding carboxylic acids is 1. The van der Waals surface area contributed by atoms with Crippen molar-refractivity contribution < 1.29 is 14.3 Å². The fourth-order valence-electron chi connectivity index (χ4n) is 1.89. The van der Waals surface area contributed by atoms with Crippen molar-refractivity contribution in [2.45, 2.75) is 32.0 Å². The second-order valence-electron chi connectivity index (χ2n) is 4.21. The van der Waals surface area contributed by atoms with Gasteiger partial charge in [0.1, 0.15) is 0 Å². The van der Waals surface area contributed by atoms with Crippen molar-refractivity contribution in [3.05, 3.63) is 35.9 Å². The van der Waals surface area contributed by atoms with E-state index in [1.165, 1.54) is 0 Å². The van der Waals surface area contributed by atoms with Crippen molar-refractivity contribution in [1.29, 1.82) is 0 Å². The van der Waals surface area contributed by atoms with Crippen LogP contribution in [0.2, 0.25) is 0 Å². The van der Waals surface area contributed by atoms with Crippen LogP contribution in [-0.2, 0) is 9.47 Å². The van der Waals surface area contributed by atoms with Crippen molar-refractivity contribution in [3.63, 3.8) is 0 Å². The third-order valence-corrected chi connectivity index (χ3v) is 2.87. The second-order valence-corrected chi connectivity index (χ2v) is 4.21. The van der Waals surface area contributed by atoms with E-state index in [9.17, 15) is 4.79 Å². The van der Waals surface area contributed by atoms with Crippen LogP contribution >= 0.6 is 0 Å². The van der Waals surface area contributed by atoms with Gasteiger partial charge in [0.05, 0.1) is 6.61 Å². The largest absolute Gasteiger partial charge is 0.353 e. The zero-order chi connectivity index (χ0) is 11.9. The summed E-state index contributed by atoms with van der Waals surface area (Å²) in [5.74, 6) is 0.126. The zero-order valence-electron chi connectivity index (χ0n) is 9.93. The Kier molecular flexibility index (Phi) is 4.71. The molecule has 1 fully saturated rings. The van der Waals surface area contributed by atoms with Gasteiger partial charge in [-0.15, -0.1) is 0 Å². The molecule has 1 heterocycles. The predicted octanol–water partition coefficient (Wildman–Crippen LogP) is 2.80. The third kappa shape index (κ3) is 3.95. The van der Waals surface area contributed by atoms with Gasteiger partial charge >= 0.3 is 0 Å². The molecule has 0 amide bonds. The summed E-state index contributed by atoms with van der Waals surface area (Å²) in [7, 11) is 0. The van der Waals surface area contributed by atoms with Gasteiger partial charge in [0.2, 0.25) is 0 Å². The summed E-state index contributed by atoms with van der Waals surface area (Å²) in [6.07, 6.45) is 3.52. The SMILES string of the molecule is O=C(CCOC1CCCCO1)c1ccccc1. The average molecular weight is 234 g/mol. The Labute approximate surface area is 102 Å². The standard InChI is InChI=1S/C14H18O3/c15-13(12-6-2-1-3-7-12)9-11-17-14-8-4-5-10-16-14/h1-3,6-7,14H,4-5,8-11H2. The van der Waals surface area contributed by atoms with Gasteiger partial charge in [-0.05, 0) is 19.3 Å². The summed E-state index contributed by atoms with van der Waals surface area (Å²) in [6, 6.07) is 9.32. The molecule has 92 valence electrons. The minimum Gasteiger partial charge on any atom is -0.353 e. The number of hydrogen-bond donors (Lipinski definition) is 0. The summed E-state index contributed by atoms with van der Waals surface area (Å²) < 4.78 is 11.0. The van der Waals surface area contributed by atoms with Gasteiger partial charge in [-0.3, -0.25) is 4.79 Å². The van der Waals surface area contributed by atoms with E-state index in [1.807, 2.05) is 30.3 Å². The summed E-state index contributed by atoms with van der Waals surface area (Å²) in [4.78, 5) is 11.8. The van der Waals surface area contributed by atoms with E-state index in [2.05, 4.69) is 0 Å². The molecule has 0 bridgehead atoms. The lowest BCUT2D eigenvalue weighted by atomic mass is 10.1. The van der Waals surface area contributed by atoms with Gasteiger partial charge in [0.15, 0.2) is 12.1 Å². The van der Waals surface area contributed by atoms with Crippen LogP contribution < -0.4 is 0 Å². The van der Waals surface area contributed by atoms with Crippen LogP contribution in [-0.4, -0.2) is 25.3 Å². The minimum absolute atomic E-state index is 0.104. The highest BCUT2D eigenvalue weighted by Crippen LogP contribution is 2.14. The highest BCUT2D eigenvalue weighted by Gasteiger charge is 2.14. The Morgan fingerprint density at radius 2 is 2.12 bits per heavy atom. The quantitative estimate of drug-likeness (QED) is 0.735. The maximum Gasteiger partial charge on any atom is 0.165 e. The normalized spacial score (nSPS) is 20.1. The molecule has 1 unspecified atom stereocenters. The average Bonchev–Trinajstić information content (AvgIpc) is 2.41. The molecule has 17 heavy (non-hydrogen) atoms. The van der Waals surface area contributed by atoms with Gasteiger partial charge in [-0.25, -0.2) is 0 Å². The molecule has 0 N–H and O–H groups in total. The Morgan fingerprint density at radius 1 is 1.29 bits per heavy atom. The molecule has 0 aliphatic carbocycles. The number of Topliss-reactive ketones (excluding diaryl/α,β-unsaturated/α-hetero) is 1. The summed E-state index contributed by atoms with van der Waals surface area (Å²) in [5, 5.41) is 0. The topological polar surface area (TPSA) is 35.5 Å². The summed E-state index contributed by atoms with van der Waals surface area (Å²) in [6.45, 7) is 1.22. The first-order valence-electron chi connectivity index (χ1n) is 6.18. The number of hydrogen-bond acceptors (Lipinski definition) is 3. The van der Waals surface area contributed by atoms with Gasteiger partial charge in [0, 0.05) is 18.6 Å². The molecular weight excluding hydrogens is 216 g/mol. The fourth-order valence-corrected chi connectivity index (χ4v) is 1.89. The van der Waals surface area contributed by atoms with Crippen molar-refractivity contribution in [1.82, 2.24) is 0 Å². The van der Waals surface area contributed by atoms with Gasteiger partial charge in [-0.1, -0.05) is 30.3 Å². The van der Waals surface area contributed by atoms with Crippen LogP contribution in [0.25, 0.3) is 0 Å². The van der Waals surface area contributed by atoms with Crippen LogP contribution in [0, 0.1) is 0 Å². The lowest BCUT2D eigenvalue weighted by Crippen LogP contribution is -2.23. The molecule has 1 saturated heterocycles. The number of ether oxygens (including phenoxy) is 2. The van der Waals surface area contributed by atoms with Crippen LogP contribution in [0.1, 0.15) is 36.0 Å². The Morgan fingerprint density at radius 3 is 2.82 bits per heavy atom. The number of benzene rings is 1. The van der Waals surface area contributed by atoms with E-state index in [1.54, 1.807) is 0 Å². The van der Waals surface area contributed by atoms with Crippen molar-refractivity contribution >= 4 is 5.78 Å². The number of rotatable bonds is 5. The molecule has 1 aromatic rings. The monoisotopic (exact) mass is 234 g/mol. The third-order valence-electron chi connectivity index (χ3n) is 2.87. The van der Waals surface area contributed by atoms with Crippen LogP contribution in [0.4, 0.5) is 0 Å². The second kappa shape index (κ2) is 6.52. The molecule has 3 heteroatoms.